The second kappa shape index (κ2) is 7.09. The van der Waals surface area contributed by atoms with Crippen LogP contribution in [-0.4, -0.2) is 48.5 Å². The lowest BCUT2D eigenvalue weighted by Crippen LogP contribution is -2.48. The van der Waals surface area contributed by atoms with Crippen LogP contribution in [0, 0.1) is 5.92 Å². The van der Waals surface area contributed by atoms with Crippen LogP contribution < -0.4 is 5.32 Å². The van der Waals surface area contributed by atoms with E-state index in [2.05, 4.69) is 28.2 Å². The Morgan fingerprint density at radius 3 is 2.45 bits per heavy atom. The number of halogens is 1. The SMILES string of the molecule is CC1COCC1OC(C)(CBr)CNC(=O)OC(C)(C)C. The molecule has 0 radical (unpaired) electrons. The van der Waals surface area contributed by atoms with Gasteiger partial charge in [-0.05, 0) is 27.7 Å². The van der Waals surface area contributed by atoms with E-state index in [1.807, 2.05) is 27.7 Å². The summed E-state index contributed by atoms with van der Waals surface area (Å²) in [6.45, 7) is 11.3. The van der Waals surface area contributed by atoms with Crippen LogP contribution in [0.2, 0.25) is 0 Å². The van der Waals surface area contributed by atoms with Gasteiger partial charge in [0.05, 0.1) is 31.5 Å². The lowest BCUT2D eigenvalue weighted by Gasteiger charge is -2.32. The number of hydrogen-bond acceptors (Lipinski definition) is 4. The van der Waals surface area contributed by atoms with Crippen molar-refractivity contribution in [2.24, 2.45) is 5.92 Å². The van der Waals surface area contributed by atoms with Crippen molar-refractivity contribution < 1.29 is 19.0 Å². The minimum atomic E-state index is -0.496. The molecule has 5 nitrogen and oxygen atoms in total. The van der Waals surface area contributed by atoms with Gasteiger partial charge in [-0.3, -0.25) is 0 Å². The van der Waals surface area contributed by atoms with Gasteiger partial charge in [0.15, 0.2) is 0 Å². The van der Waals surface area contributed by atoms with Crippen molar-refractivity contribution in [1.82, 2.24) is 5.32 Å². The van der Waals surface area contributed by atoms with Crippen LogP contribution >= 0.6 is 15.9 Å². The van der Waals surface area contributed by atoms with Crippen LogP contribution in [0.15, 0.2) is 0 Å². The maximum Gasteiger partial charge on any atom is 0.407 e. The molecule has 0 aromatic carbocycles. The fourth-order valence-electron chi connectivity index (χ4n) is 1.85. The van der Waals surface area contributed by atoms with Gasteiger partial charge in [0.1, 0.15) is 5.60 Å². The van der Waals surface area contributed by atoms with Crippen molar-refractivity contribution in [3.05, 3.63) is 0 Å². The molecule has 1 heterocycles. The first-order chi connectivity index (χ1) is 9.15. The number of nitrogens with one attached hydrogen (secondary N) is 1. The van der Waals surface area contributed by atoms with Gasteiger partial charge in [0.2, 0.25) is 0 Å². The highest BCUT2D eigenvalue weighted by Gasteiger charge is 2.34. The summed E-state index contributed by atoms with van der Waals surface area (Å²) in [5, 5.41) is 3.39. The fourth-order valence-corrected chi connectivity index (χ4v) is 2.18. The molecule has 6 heteroatoms. The van der Waals surface area contributed by atoms with Gasteiger partial charge in [0, 0.05) is 11.2 Å². The maximum absolute atomic E-state index is 11.7. The van der Waals surface area contributed by atoms with Gasteiger partial charge in [-0.15, -0.1) is 0 Å². The Balaban J connectivity index is 2.46. The van der Waals surface area contributed by atoms with Crippen LogP contribution in [-0.2, 0) is 14.2 Å². The van der Waals surface area contributed by atoms with Crippen LogP contribution in [0.25, 0.3) is 0 Å². The van der Waals surface area contributed by atoms with E-state index in [9.17, 15) is 4.79 Å². The summed E-state index contributed by atoms with van der Waals surface area (Å²) in [4.78, 5) is 11.7. The average molecular weight is 352 g/mol. The van der Waals surface area contributed by atoms with Gasteiger partial charge in [-0.1, -0.05) is 22.9 Å². The first kappa shape index (κ1) is 17.7. The second-order valence-electron chi connectivity index (χ2n) is 6.61. The third-order valence-electron chi connectivity index (χ3n) is 3.02. The van der Waals surface area contributed by atoms with Crippen molar-refractivity contribution in [2.75, 3.05) is 25.1 Å². The van der Waals surface area contributed by atoms with Gasteiger partial charge < -0.3 is 19.5 Å². The van der Waals surface area contributed by atoms with Crippen molar-refractivity contribution in [3.63, 3.8) is 0 Å². The monoisotopic (exact) mass is 351 g/mol. The minimum absolute atomic E-state index is 0.0676. The van der Waals surface area contributed by atoms with Crippen LogP contribution in [0.1, 0.15) is 34.6 Å². The number of carbonyl (C=O) groups excluding carboxylic acids is 1. The van der Waals surface area contributed by atoms with E-state index in [4.69, 9.17) is 14.2 Å². The molecule has 1 aliphatic heterocycles. The normalized spacial score (nSPS) is 26.1. The summed E-state index contributed by atoms with van der Waals surface area (Å²) in [6, 6.07) is 0. The van der Waals surface area contributed by atoms with Crippen molar-refractivity contribution >= 4 is 22.0 Å². The van der Waals surface area contributed by atoms with E-state index in [-0.39, 0.29) is 6.10 Å². The number of rotatable bonds is 5. The van der Waals surface area contributed by atoms with Crippen LogP contribution in [0.4, 0.5) is 4.79 Å². The first-order valence-corrected chi connectivity index (χ1v) is 8.06. The zero-order chi connectivity index (χ0) is 15.4. The van der Waals surface area contributed by atoms with E-state index in [1.54, 1.807) is 0 Å². The summed E-state index contributed by atoms with van der Waals surface area (Å²) < 4.78 is 16.7. The van der Waals surface area contributed by atoms with E-state index in [0.717, 1.165) is 6.61 Å². The zero-order valence-electron chi connectivity index (χ0n) is 13.0. The van der Waals surface area contributed by atoms with Gasteiger partial charge in [0.25, 0.3) is 0 Å². The summed E-state index contributed by atoms with van der Waals surface area (Å²) in [5.41, 5.74) is -0.979. The zero-order valence-corrected chi connectivity index (χ0v) is 14.6. The summed E-state index contributed by atoms with van der Waals surface area (Å²) in [7, 11) is 0. The molecule has 1 N–H and O–H groups in total. The molecule has 0 aliphatic carbocycles. The molecule has 1 fully saturated rings. The maximum atomic E-state index is 11.7. The molecule has 1 rings (SSSR count). The molecule has 1 saturated heterocycles. The molecule has 3 unspecified atom stereocenters. The van der Waals surface area contributed by atoms with E-state index >= 15 is 0 Å². The lowest BCUT2D eigenvalue weighted by atomic mass is 10.1. The molecular formula is C14H26BrNO4. The molecule has 0 bridgehead atoms. The smallest absolute Gasteiger partial charge is 0.407 e. The third kappa shape index (κ3) is 5.97. The third-order valence-corrected chi connectivity index (χ3v) is 4.21. The molecule has 0 aromatic heterocycles. The summed E-state index contributed by atoms with van der Waals surface area (Å²) in [6.07, 6.45) is -0.359. The van der Waals surface area contributed by atoms with Crippen molar-refractivity contribution in [1.29, 1.82) is 0 Å². The quantitative estimate of drug-likeness (QED) is 0.773. The highest BCUT2D eigenvalue weighted by molar-refractivity contribution is 9.09. The van der Waals surface area contributed by atoms with Gasteiger partial charge >= 0.3 is 6.09 Å². The molecule has 0 saturated carbocycles. The van der Waals surface area contributed by atoms with Gasteiger partial charge in [-0.25, -0.2) is 4.79 Å². The topological polar surface area (TPSA) is 56.8 Å². The number of alkyl halides is 1. The van der Waals surface area contributed by atoms with Crippen molar-refractivity contribution in [2.45, 2.75) is 51.9 Å². The van der Waals surface area contributed by atoms with Crippen LogP contribution in [0.5, 0.6) is 0 Å². The Morgan fingerprint density at radius 2 is 2.00 bits per heavy atom. The Hall–Kier alpha value is -0.330. The standard InChI is InChI=1S/C14H26BrNO4/c1-10-6-18-7-11(10)19-14(5,8-15)9-16-12(17)20-13(2,3)4/h10-11H,6-9H2,1-5H3,(H,16,17). The molecule has 0 aromatic rings. The minimum Gasteiger partial charge on any atom is -0.444 e. The van der Waals surface area contributed by atoms with E-state index in [0.29, 0.717) is 24.4 Å². The lowest BCUT2D eigenvalue weighted by molar-refractivity contribution is -0.0783. The Kier molecular flexibility index (Phi) is 6.28. The molecule has 20 heavy (non-hydrogen) atoms. The van der Waals surface area contributed by atoms with E-state index in [1.165, 1.54) is 0 Å². The summed E-state index contributed by atoms with van der Waals surface area (Å²) in [5.74, 6) is 0.370. The summed E-state index contributed by atoms with van der Waals surface area (Å²) >= 11 is 3.45. The Labute approximate surface area is 129 Å². The Bertz CT molecular complexity index is 332. The predicted molar refractivity (Wildman–Crippen MR) is 81.3 cm³/mol. The van der Waals surface area contributed by atoms with Crippen molar-refractivity contribution in [3.8, 4) is 0 Å². The number of alkyl carbamates (subject to hydrolysis) is 1. The molecule has 1 amide bonds. The second-order valence-corrected chi connectivity index (χ2v) is 7.17. The molecule has 0 spiro atoms. The molecule has 118 valence electrons. The molecular weight excluding hydrogens is 326 g/mol. The highest BCUT2D eigenvalue weighted by Crippen LogP contribution is 2.24. The fraction of sp³-hybridized carbons (Fsp3) is 0.929. The number of amides is 1. The van der Waals surface area contributed by atoms with Gasteiger partial charge in [-0.2, -0.15) is 0 Å². The average Bonchev–Trinajstić information content (AvgIpc) is 2.70. The largest absolute Gasteiger partial charge is 0.444 e. The highest BCUT2D eigenvalue weighted by atomic mass is 79.9. The molecule has 3 atom stereocenters. The number of ether oxygens (including phenoxy) is 3. The number of hydrogen-bond donors (Lipinski definition) is 1. The predicted octanol–water partition coefficient (Wildman–Crippen LogP) is 2.72. The van der Waals surface area contributed by atoms with Crippen LogP contribution in [0.3, 0.4) is 0 Å². The first-order valence-electron chi connectivity index (χ1n) is 6.93. The number of carbonyl (C=O) groups is 1. The van der Waals surface area contributed by atoms with E-state index < -0.39 is 17.3 Å². The Morgan fingerprint density at radius 1 is 1.35 bits per heavy atom. The molecule has 1 aliphatic rings.